The molecule has 4 N–H and O–H groups in total. The van der Waals surface area contributed by atoms with E-state index in [0.29, 0.717) is 25.1 Å². The molecule has 0 radical (unpaired) electrons. The van der Waals surface area contributed by atoms with Gasteiger partial charge in [-0.15, -0.1) is 0 Å². The van der Waals surface area contributed by atoms with Crippen molar-refractivity contribution in [2.24, 2.45) is 5.73 Å². The van der Waals surface area contributed by atoms with Crippen molar-refractivity contribution in [2.75, 3.05) is 18.0 Å². The van der Waals surface area contributed by atoms with Gasteiger partial charge in [0.2, 0.25) is 5.91 Å². The zero-order chi connectivity index (χ0) is 15.7. The van der Waals surface area contributed by atoms with Gasteiger partial charge in [-0.25, -0.2) is 4.79 Å². The molecule has 7 heteroatoms. The number of nitrogens with zero attached hydrogens (tertiary/aromatic N) is 1. The number of carboxylic acids is 1. The summed E-state index contributed by atoms with van der Waals surface area (Å²) < 4.78 is 0. The number of aliphatic carboxylic acids is 1. The normalized spacial score (nSPS) is 9.90. The minimum absolute atomic E-state index is 0.271. The molecule has 1 aromatic rings. The molecule has 0 aliphatic rings. The molecular weight excluding hydrogens is 274 g/mol. The van der Waals surface area contributed by atoms with Crippen LogP contribution in [-0.2, 0) is 9.59 Å². The first-order valence-electron chi connectivity index (χ1n) is 6.61. The largest absolute Gasteiger partial charge is 0.480 e. The summed E-state index contributed by atoms with van der Waals surface area (Å²) in [5, 5.41) is 11.5. The van der Waals surface area contributed by atoms with Crippen LogP contribution in [0.25, 0.3) is 0 Å². The van der Waals surface area contributed by atoms with E-state index in [1.165, 1.54) is 0 Å². The molecule has 0 aliphatic heterocycles. The van der Waals surface area contributed by atoms with Gasteiger partial charge in [0.05, 0.1) is 0 Å². The Bertz CT molecular complexity index is 490. The van der Waals surface area contributed by atoms with E-state index in [9.17, 15) is 14.4 Å². The molecule has 21 heavy (non-hydrogen) atoms. The number of urea groups is 1. The van der Waals surface area contributed by atoms with E-state index in [0.717, 1.165) is 4.90 Å². The van der Waals surface area contributed by atoms with Gasteiger partial charge in [0.1, 0.15) is 6.54 Å². The van der Waals surface area contributed by atoms with E-state index in [-0.39, 0.29) is 12.3 Å². The molecule has 1 aromatic carbocycles. The number of para-hydroxylation sites is 1. The molecule has 0 unspecified atom stereocenters. The molecule has 0 fully saturated rings. The maximum atomic E-state index is 12.0. The first kappa shape index (κ1) is 16.5. The molecule has 0 bridgehead atoms. The molecule has 0 aliphatic carbocycles. The van der Waals surface area contributed by atoms with Gasteiger partial charge >= 0.3 is 12.0 Å². The van der Waals surface area contributed by atoms with Crippen LogP contribution in [0.4, 0.5) is 10.5 Å². The number of anilines is 1. The monoisotopic (exact) mass is 293 g/mol. The van der Waals surface area contributed by atoms with Crippen LogP contribution in [0.5, 0.6) is 0 Å². The topological polar surface area (TPSA) is 113 Å². The number of carbonyl (C=O) groups is 3. The van der Waals surface area contributed by atoms with Crippen molar-refractivity contribution in [3.05, 3.63) is 30.3 Å². The molecule has 0 heterocycles. The molecule has 0 atom stereocenters. The molecule has 114 valence electrons. The number of nitrogens with two attached hydrogens (primary N) is 1. The Morgan fingerprint density at radius 3 is 2.38 bits per heavy atom. The van der Waals surface area contributed by atoms with E-state index in [4.69, 9.17) is 10.8 Å². The second kappa shape index (κ2) is 8.57. The number of carboxylic acid groups (broad SMARTS) is 1. The molecule has 1 rings (SSSR count). The summed E-state index contributed by atoms with van der Waals surface area (Å²) in [6.45, 7) is -0.0633. The number of rotatable bonds is 8. The highest BCUT2D eigenvalue weighted by atomic mass is 16.4. The van der Waals surface area contributed by atoms with Gasteiger partial charge in [-0.2, -0.15) is 0 Å². The number of primary amides is 1. The van der Waals surface area contributed by atoms with Gasteiger partial charge in [0.25, 0.3) is 0 Å². The summed E-state index contributed by atoms with van der Waals surface area (Å²) in [7, 11) is 0. The Hall–Kier alpha value is -2.57. The zero-order valence-corrected chi connectivity index (χ0v) is 11.6. The highest BCUT2D eigenvalue weighted by molar-refractivity contribution is 5.96. The third-order valence-corrected chi connectivity index (χ3v) is 2.73. The first-order chi connectivity index (χ1) is 10.0. The van der Waals surface area contributed by atoms with Crippen LogP contribution < -0.4 is 16.0 Å². The Morgan fingerprint density at radius 1 is 1.14 bits per heavy atom. The fourth-order valence-corrected chi connectivity index (χ4v) is 1.74. The Balaban J connectivity index is 2.52. The van der Waals surface area contributed by atoms with E-state index in [1.807, 2.05) is 0 Å². The number of unbranched alkanes of at least 4 members (excludes halogenated alkanes) is 1. The Kier molecular flexibility index (Phi) is 6.73. The molecule has 0 saturated heterocycles. The molecule has 0 saturated carbocycles. The second-order valence-electron chi connectivity index (χ2n) is 4.47. The van der Waals surface area contributed by atoms with Crippen molar-refractivity contribution < 1.29 is 19.5 Å². The van der Waals surface area contributed by atoms with Gasteiger partial charge in [-0.1, -0.05) is 18.2 Å². The molecule has 3 amide bonds. The summed E-state index contributed by atoms with van der Waals surface area (Å²) in [4.78, 5) is 34.6. The number of amides is 3. The SMILES string of the molecule is NC(=O)CCCCNC(=O)N(CC(=O)O)c1ccccc1. The number of benzene rings is 1. The summed E-state index contributed by atoms with van der Waals surface area (Å²) in [6.07, 6.45) is 1.46. The van der Waals surface area contributed by atoms with E-state index in [1.54, 1.807) is 30.3 Å². The second-order valence-corrected chi connectivity index (χ2v) is 4.47. The number of nitrogens with one attached hydrogen (secondary N) is 1. The summed E-state index contributed by atoms with van der Waals surface area (Å²) in [5.41, 5.74) is 5.52. The van der Waals surface area contributed by atoms with Gasteiger partial charge in [0, 0.05) is 18.7 Å². The highest BCUT2D eigenvalue weighted by Gasteiger charge is 2.17. The molecule has 0 aromatic heterocycles. The number of hydrogen-bond donors (Lipinski definition) is 3. The third kappa shape index (κ3) is 6.42. The molecular formula is C14H19N3O4. The molecule has 0 spiro atoms. The van der Waals surface area contributed by atoms with Crippen LogP contribution in [-0.4, -0.2) is 36.1 Å². The third-order valence-electron chi connectivity index (χ3n) is 2.73. The van der Waals surface area contributed by atoms with Crippen LogP contribution in [0.3, 0.4) is 0 Å². The predicted molar refractivity (Wildman–Crippen MR) is 77.9 cm³/mol. The van der Waals surface area contributed by atoms with Gasteiger partial charge < -0.3 is 16.2 Å². The summed E-state index contributed by atoms with van der Waals surface area (Å²) in [6, 6.07) is 8.08. The Morgan fingerprint density at radius 2 is 1.81 bits per heavy atom. The fraction of sp³-hybridized carbons (Fsp3) is 0.357. The van der Waals surface area contributed by atoms with Gasteiger partial charge in [-0.05, 0) is 25.0 Å². The lowest BCUT2D eigenvalue weighted by Crippen LogP contribution is -2.43. The maximum absolute atomic E-state index is 12.0. The predicted octanol–water partition coefficient (Wildman–Crippen LogP) is 0.943. The van der Waals surface area contributed by atoms with Crippen molar-refractivity contribution in [3.63, 3.8) is 0 Å². The van der Waals surface area contributed by atoms with Crippen LogP contribution in [0.1, 0.15) is 19.3 Å². The van der Waals surface area contributed by atoms with Crippen LogP contribution in [0.2, 0.25) is 0 Å². The van der Waals surface area contributed by atoms with Crippen molar-refractivity contribution in [3.8, 4) is 0 Å². The van der Waals surface area contributed by atoms with Crippen LogP contribution in [0.15, 0.2) is 30.3 Å². The lowest BCUT2D eigenvalue weighted by molar-refractivity contribution is -0.135. The van der Waals surface area contributed by atoms with Crippen molar-refractivity contribution in [2.45, 2.75) is 19.3 Å². The first-order valence-corrected chi connectivity index (χ1v) is 6.61. The molecule has 7 nitrogen and oxygen atoms in total. The average molecular weight is 293 g/mol. The van der Waals surface area contributed by atoms with Gasteiger partial charge in [0.15, 0.2) is 0 Å². The lowest BCUT2D eigenvalue weighted by atomic mass is 10.2. The van der Waals surface area contributed by atoms with E-state index < -0.39 is 18.5 Å². The average Bonchev–Trinajstić information content (AvgIpc) is 2.44. The van der Waals surface area contributed by atoms with Crippen molar-refractivity contribution >= 4 is 23.6 Å². The quantitative estimate of drug-likeness (QED) is 0.619. The fourth-order valence-electron chi connectivity index (χ4n) is 1.74. The maximum Gasteiger partial charge on any atom is 0.323 e. The Labute approximate surface area is 122 Å². The zero-order valence-electron chi connectivity index (χ0n) is 11.6. The smallest absolute Gasteiger partial charge is 0.323 e. The van der Waals surface area contributed by atoms with Crippen molar-refractivity contribution in [1.29, 1.82) is 0 Å². The summed E-state index contributed by atoms with van der Waals surface area (Å²) in [5.74, 6) is -1.47. The minimum Gasteiger partial charge on any atom is -0.480 e. The lowest BCUT2D eigenvalue weighted by Gasteiger charge is -2.21. The van der Waals surface area contributed by atoms with Crippen LogP contribution >= 0.6 is 0 Å². The van der Waals surface area contributed by atoms with Crippen LogP contribution in [0, 0.1) is 0 Å². The highest BCUT2D eigenvalue weighted by Crippen LogP contribution is 2.13. The summed E-state index contributed by atoms with van der Waals surface area (Å²) >= 11 is 0. The van der Waals surface area contributed by atoms with E-state index in [2.05, 4.69) is 5.32 Å². The number of hydrogen-bond acceptors (Lipinski definition) is 3. The van der Waals surface area contributed by atoms with Crippen molar-refractivity contribution in [1.82, 2.24) is 5.32 Å². The minimum atomic E-state index is -1.09. The standard InChI is InChI=1S/C14H19N3O4/c15-12(18)8-4-5-9-16-14(21)17(10-13(19)20)11-6-2-1-3-7-11/h1-3,6-7H,4-5,8-10H2,(H2,15,18)(H,16,21)(H,19,20). The van der Waals surface area contributed by atoms with Gasteiger partial charge in [-0.3, -0.25) is 14.5 Å². The number of carbonyl (C=O) groups excluding carboxylic acids is 2. The van der Waals surface area contributed by atoms with E-state index >= 15 is 0 Å².